The molecule has 21 heavy (non-hydrogen) atoms. The summed E-state index contributed by atoms with van der Waals surface area (Å²) < 4.78 is 50.7. The van der Waals surface area contributed by atoms with Gasteiger partial charge >= 0.3 is 6.18 Å². The predicted octanol–water partition coefficient (Wildman–Crippen LogP) is 2.92. The minimum Gasteiger partial charge on any atom is -0.378 e. The molecule has 3 nitrogen and oxygen atoms in total. The highest BCUT2D eigenvalue weighted by Crippen LogP contribution is 2.44. The van der Waals surface area contributed by atoms with Gasteiger partial charge in [0.2, 0.25) is 0 Å². The molecule has 2 rings (SSSR count). The molecule has 0 aliphatic carbocycles. The molecule has 0 aromatic heterocycles. The number of aliphatic hydroxyl groups is 1. The zero-order chi connectivity index (χ0) is 15.7. The Morgan fingerprint density at radius 3 is 2.48 bits per heavy atom. The summed E-state index contributed by atoms with van der Waals surface area (Å²) in [6.07, 6.45) is -6.90. The van der Waals surface area contributed by atoms with Gasteiger partial charge in [-0.1, -0.05) is 37.3 Å². The van der Waals surface area contributed by atoms with Gasteiger partial charge in [0.15, 0.2) is 5.60 Å². The Morgan fingerprint density at radius 1 is 1.29 bits per heavy atom. The average Bonchev–Trinajstić information content (AvgIpc) is 2.44. The predicted molar refractivity (Wildman–Crippen MR) is 70.6 cm³/mol. The molecule has 0 bridgehead atoms. The lowest BCUT2D eigenvalue weighted by molar-refractivity contribution is -0.347. The Kier molecular flexibility index (Phi) is 4.60. The van der Waals surface area contributed by atoms with Crippen molar-refractivity contribution in [3.05, 3.63) is 35.9 Å². The lowest BCUT2D eigenvalue weighted by atomic mass is 9.78. The van der Waals surface area contributed by atoms with Gasteiger partial charge in [0.25, 0.3) is 0 Å². The van der Waals surface area contributed by atoms with Crippen LogP contribution in [0.15, 0.2) is 30.3 Å². The van der Waals surface area contributed by atoms with Crippen LogP contribution in [0.2, 0.25) is 0 Å². The molecule has 0 saturated carbocycles. The molecular weight excluding hydrogens is 285 g/mol. The maximum absolute atomic E-state index is 13.3. The Hall–Kier alpha value is -1.11. The van der Waals surface area contributed by atoms with Gasteiger partial charge in [-0.15, -0.1) is 0 Å². The van der Waals surface area contributed by atoms with Gasteiger partial charge in [0.05, 0.1) is 19.3 Å². The largest absolute Gasteiger partial charge is 0.420 e. The second-order valence-electron chi connectivity index (χ2n) is 5.44. The van der Waals surface area contributed by atoms with E-state index in [1.165, 1.54) is 13.8 Å². The van der Waals surface area contributed by atoms with Crippen LogP contribution < -0.4 is 0 Å². The molecule has 1 N–H and O–H groups in total. The van der Waals surface area contributed by atoms with Crippen molar-refractivity contribution in [3.63, 3.8) is 0 Å². The molecule has 2 unspecified atom stereocenters. The number of ether oxygens (including phenoxy) is 2. The molecular formula is C15H19F3O3. The van der Waals surface area contributed by atoms with Crippen LogP contribution in [-0.4, -0.2) is 35.7 Å². The SMILES string of the molecule is CC1OCC(OCc2ccccc2)[C@](O)(C(F)(F)F)[C@@H]1C. The van der Waals surface area contributed by atoms with Crippen LogP contribution in [0.25, 0.3) is 0 Å². The van der Waals surface area contributed by atoms with E-state index >= 15 is 0 Å². The first-order chi connectivity index (χ1) is 9.76. The van der Waals surface area contributed by atoms with E-state index in [2.05, 4.69) is 0 Å². The number of benzene rings is 1. The molecule has 1 aromatic carbocycles. The molecule has 1 fully saturated rings. The molecule has 4 atom stereocenters. The summed E-state index contributed by atoms with van der Waals surface area (Å²) in [7, 11) is 0. The zero-order valence-corrected chi connectivity index (χ0v) is 11.9. The highest BCUT2D eigenvalue weighted by Gasteiger charge is 2.65. The van der Waals surface area contributed by atoms with Crippen LogP contribution in [0.1, 0.15) is 19.4 Å². The Balaban J connectivity index is 2.16. The molecule has 1 aromatic rings. The summed E-state index contributed by atoms with van der Waals surface area (Å²) in [5.41, 5.74) is -2.16. The van der Waals surface area contributed by atoms with Crippen molar-refractivity contribution < 1.29 is 27.8 Å². The normalized spacial score (nSPS) is 33.9. The van der Waals surface area contributed by atoms with E-state index < -0.39 is 29.9 Å². The lowest BCUT2D eigenvalue weighted by Gasteiger charge is -2.47. The fraction of sp³-hybridized carbons (Fsp3) is 0.600. The summed E-state index contributed by atoms with van der Waals surface area (Å²) in [5.74, 6) is -1.10. The number of hydrogen-bond donors (Lipinski definition) is 1. The van der Waals surface area contributed by atoms with E-state index in [4.69, 9.17) is 9.47 Å². The zero-order valence-electron chi connectivity index (χ0n) is 11.9. The lowest BCUT2D eigenvalue weighted by Crippen LogP contribution is -2.66. The molecule has 1 saturated heterocycles. The highest BCUT2D eigenvalue weighted by molar-refractivity contribution is 5.14. The number of alkyl halides is 3. The molecule has 118 valence electrons. The van der Waals surface area contributed by atoms with Crippen LogP contribution in [0.4, 0.5) is 13.2 Å². The minimum atomic E-state index is -4.77. The minimum absolute atomic E-state index is 0.00560. The van der Waals surface area contributed by atoms with Crippen LogP contribution >= 0.6 is 0 Å². The van der Waals surface area contributed by atoms with Gasteiger partial charge in [0.1, 0.15) is 6.10 Å². The van der Waals surface area contributed by atoms with E-state index in [0.29, 0.717) is 0 Å². The second-order valence-corrected chi connectivity index (χ2v) is 5.44. The van der Waals surface area contributed by atoms with Crippen LogP contribution in [0.5, 0.6) is 0 Å². The molecule has 1 heterocycles. The van der Waals surface area contributed by atoms with Crippen LogP contribution in [0, 0.1) is 5.92 Å². The van der Waals surface area contributed by atoms with Crippen molar-refractivity contribution in [3.8, 4) is 0 Å². The van der Waals surface area contributed by atoms with Crippen molar-refractivity contribution in [2.75, 3.05) is 6.61 Å². The maximum Gasteiger partial charge on any atom is 0.420 e. The third-order valence-electron chi connectivity index (χ3n) is 4.15. The Labute approximate surface area is 121 Å². The number of hydrogen-bond acceptors (Lipinski definition) is 3. The monoisotopic (exact) mass is 304 g/mol. The summed E-state index contributed by atoms with van der Waals surface area (Å²) >= 11 is 0. The van der Waals surface area contributed by atoms with Crippen molar-refractivity contribution in [2.45, 2.75) is 44.4 Å². The average molecular weight is 304 g/mol. The summed E-state index contributed by atoms with van der Waals surface area (Å²) in [6, 6.07) is 8.86. The summed E-state index contributed by atoms with van der Waals surface area (Å²) in [6.45, 7) is 2.56. The second kappa shape index (κ2) is 5.94. The van der Waals surface area contributed by atoms with Gasteiger partial charge in [-0.25, -0.2) is 0 Å². The number of rotatable bonds is 3. The third kappa shape index (κ3) is 3.07. The van der Waals surface area contributed by atoms with Crippen LogP contribution in [0.3, 0.4) is 0 Å². The van der Waals surface area contributed by atoms with Crippen molar-refractivity contribution in [2.24, 2.45) is 5.92 Å². The van der Waals surface area contributed by atoms with Crippen LogP contribution in [-0.2, 0) is 16.1 Å². The molecule has 0 amide bonds. The topological polar surface area (TPSA) is 38.7 Å². The quantitative estimate of drug-likeness (QED) is 0.933. The fourth-order valence-electron chi connectivity index (χ4n) is 2.55. The smallest absolute Gasteiger partial charge is 0.378 e. The maximum atomic E-state index is 13.3. The first-order valence-corrected chi connectivity index (χ1v) is 6.83. The van der Waals surface area contributed by atoms with Gasteiger partial charge in [-0.2, -0.15) is 13.2 Å². The van der Waals surface area contributed by atoms with Crippen molar-refractivity contribution >= 4 is 0 Å². The first-order valence-electron chi connectivity index (χ1n) is 6.83. The fourth-order valence-corrected chi connectivity index (χ4v) is 2.55. The van der Waals surface area contributed by atoms with E-state index in [1.807, 2.05) is 6.07 Å². The molecule has 1 aliphatic rings. The van der Waals surface area contributed by atoms with Gasteiger partial charge in [-0.3, -0.25) is 0 Å². The van der Waals surface area contributed by atoms with Crippen molar-refractivity contribution in [1.82, 2.24) is 0 Å². The van der Waals surface area contributed by atoms with E-state index in [9.17, 15) is 18.3 Å². The highest BCUT2D eigenvalue weighted by atomic mass is 19.4. The van der Waals surface area contributed by atoms with Gasteiger partial charge in [-0.05, 0) is 12.5 Å². The van der Waals surface area contributed by atoms with Gasteiger partial charge < -0.3 is 14.6 Å². The molecule has 1 aliphatic heterocycles. The van der Waals surface area contributed by atoms with E-state index in [0.717, 1.165) is 5.56 Å². The van der Waals surface area contributed by atoms with Gasteiger partial charge in [0, 0.05) is 5.92 Å². The summed E-state index contributed by atoms with van der Waals surface area (Å²) in [5, 5.41) is 10.3. The van der Waals surface area contributed by atoms with Crippen molar-refractivity contribution in [1.29, 1.82) is 0 Å². The third-order valence-corrected chi connectivity index (χ3v) is 4.15. The standard InChI is InChI=1S/C15H19F3O3/c1-10-11(2)20-9-13(14(10,19)15(16,17)18)21-8-12-6-4-3-5-7-12/h3-7,10-11,13,19H,8-9H2,1-2H3/t10-,11?,13?,14+/m1/s1. The van der Waals surface area contributed by atoms with E-state index in [1.54, 1.807) is 24.3 Å². The molecule has 6 heteroatoms. The Morgan fingerprint density at radius 2 is 1.90 bits per heavy atom. The molecule has 0 spiro atoms. The summed E-state index contributed by atoms with van der Waals surface area (Å²) in [4.78, 5) is 0. The van der Waals surface area contributed by atoms with E-state index in [-0.39, 0.29) is 13.2 Å². The Bertz CT molecular complexity index is 463. The number of halogens is 3. The first kappa shape index (κ1) is 16.3. The molecule has 0 radical (unpaired) electrons.